The lowest BCUT2D eigenvalue weighted by Crippen LogP contribution is -2.11. The average molecular weight is 279 g/mol. The van der Waals surface area contributed by atoms with Crippen molar-refractivity contribution in [2.45, 2.75) is 6.92 Å². The fraction of sp³-hybridized carbons (Fsp3) is 0.0625. The van der Waals surface area contributed by atoms with Crippen molar-refractivity contribution in [3.63, 3.8) is 0 Å². The smallest absolute Gasteiger partial charge is 0.255 e. The number of amides is 1. The van der Waals surface area contributed by atoms with Crippen LogP contribution in [0.2, 0.25) is 0 Å². The first-order valence-corrected chi connectivity index (χ1v) is 6.24. The molecule has 0 saturated carbocycles. The Morgan fingerprint density at radius 3 is 2.19 bits per heavy atom. The molecule has 5 nitrogen and oxygen atoms in total. The summed E-state index contributed by atoms with van der Waals surface area (Å²) in [6, 6.07) is 15.4. The second kappa shape index (κ2) is 6.35. The molecule has 104 valence electrons. The minimum absolute atomic E-state index is 0.250. The number of hydrogen-bond acceptors (Lipinski definition) is 4. The molecular formula is C16H13N3O2. The zero-order valence-electron chi connectivity index (χ0n) is 11.4. The zero-order chi connectivity index (χ0) is 15.2. The third-order valence-electron chi connectivity index (χ3n) is 2.99. The van der Waals surface area contributed by atoms with Crippen LogP contribution < -0.4 is 5.32 Å². The van der Waals surface area contributed by atoms with Gasteiger partial charge in [0.2, 0.25) is 0 Å². The van der Waals surface area contributed by atoms with Gasteiger partial charge in [-0.3, -0.25) is 4.79 Å². The van der Waals surface area contributed by atoms with E-state index in [4.69, 9.17) is 10.5 Å². The molecule has 2 aromatic rings. The maximum atomic E-state index is 12.0. The van der Waals surface area contributed by atoms with Crippen LogP contribution in [0.5, 0.6) is 0 Å². The summed E-state index contributed by atoms with van der Waals surface area (Å²) in [7, 11) is 0. The SMILES string of the molecule is C/C(=N\O)c1ccc(NC(=O)c2ccc(C#N)cc2)cc1. The Bertz CT molecular complexity index is 711. The van der Waals surface area contributed by atoms with Gasteiger partial charge in [-0.25, -0.2) is 0 Å². The molecule has 21 heavy (non-hydrogen) atoms. The predicted octanol–water partition coefficient (Wildman–Crippen LogP) is 3.01. The van der Waals surface area contributed by atoms with E-state index in [-0.39, 0.29) is 5.91 Å². The first kappa shape index (κ1) is 14.3. The molecular weight excluding hydrogens is 266 g/mol. The molecule has 2 rings (SSSR count). The second-order valence-corrected chi connectivity index (χ2v) is 4.41. The molecule has 0 saturated heterocycles. The molecule has 0 radical (unpaired) electrons. The largest absolute Gasteiger partial charge is 0.411 e. The fourth-order valence-electron chi connectivity index (χ4n) is 1.75. The van der Waals surface area contributed by atoms with Crippen LogP contribution in [0.15, 0.2) is 53.7 Å². The van der Waals surface area contributed by atoms with Crippen LogP contribution >= 0.6 is 0 Å². The van der Waals surface area contributed by atoms with E-state index in [1.54, 1.807) is 55.5 Å². The van der Waals surface area contributed by atoms with Gasteiger partial charge in [-0.1, -0.05) is 17.3 Å². The molecule has 0 bridgehead atoms. The number of nitrogens with one attached hydrogen (secondary N) is 1. The van der Waals surface area contributed by atoms with Crippen molar-refractivity contribution in [1.82, 2.24) is 0 Å². The fourth-order valence-corrected chi connectivity index (χ4v) is 1.75. The van der Waals surface area contributed by atoms with Crippen LogP contribution in [0.25, 0.3) is 0 Å². The number of hydrogen-bond donors (Lipinski definition) is 2. The molecule has 0 fully saturated rings. The summed E-state index contributed by atoms with van der Waals surface area (Å²) in [6.45, 7) is 1.68. The first-order chi connectivity index (χ1) is 10.1. The maximum absolute atomic E-state index is 12.0. The highest BCUT2D eigenvalue weighted by molar-refractivity contribution is 6.04. The number of oxime groups is 1. The summed E-state index contributed by atoms with van der Waals surface area (Å²) in [5.74, 6) is -0.250. The molecule has 2 N–H and O–H groups in total. The highest BCUT2D eigenvalue weighted by Crippen LogP contribution is 2.12. The van der Waals surface area contributed by atoms with E-state index in [0.717, 1.165) is 5.56 Å². The van der Waals surface area contributed by atoms with Crippen LogP contribution in [0.1, 0.15) is 28.4 Å². The van der Waals surface area contributed by atoms with Gasteiger partial charge in [0.25, 0.3) is 5.91 Å². The van der Waals surface area contributed by atoms with Gasteiger partial charge in [-0.2, -0.15) is 5.26 Å². The van der Waals surface area contributed by atoms with Gasteiger partial charge in [0.15, 0.2) is 0 Å². The molecule has 0 heterocycles. The van der Waals surface area contributed by atoms with Crippen LogP contribution in [0.3, 0.4) is 0 Å². The van der Waals surface area contributed by atoms with Gasteiger partial charge in [-0.15, -0.1) is 0 Å². The molecule has 0 spiro atoms. The Kier molecular flexibility index (Phi) is 4.32. The average Bonchev–Trinajstić information content (AvgIpc) is 2.55. The van der Waals surface area contributed by atoms with Crippen LogP contribution in [-0.2, 0) is 0 Å². The maximum Gasteiger partial charge on any atom is 0.255 e. The van der Waals surface area contributed by atoms with E-state index < -0.39 is 0 Å². The van der Waals surface area contributed by atoms with Gasteiger partial charge in [0.05, 0.1) is 17.3 Å². The standard InChI is InChI=1S/C16H13N3O2/c1-11(19-21)13-6-8-15(9-7-13)18-16(20)14-4-2-12(10-17)3-5-14/h2-9,21H,1H3,(H,18,20)/b19-11+. The lowest BCUT2D eigenvalue weighted by Gasteiger charge is -2.06. The molecule has 0 aliphatic heterocycles. The van der Waals surface area contributed by atoms with E-state index in [1.165, 1.54) is 0 Å². The van der Waals surface area contributed by atoms with Gasteiger partial charge < -0.3 is 10.5 Å². The quantitative estimate of drug-likeness (QED) is 0.514. The first-order valence-electron chi connectivity index (χ1n) is 6.24. The third kappa shape index (κ3) is 3.45. The van der Waals surface area contributed by atoms with Gasteiger partial charge in [-0.05, 0) is 48.9 Å². The number of rotatable bonds is 3. The highest BCUT2D eigenvalue weighted by atomic mass is 16.4. The Morgan fingerprint density at radius 1 is 1.10 bits per heavy atom. The molecule has 5 heteroatoms. The lowest BCUT2D eigenvalue weighted by molar-refractivity contribution is 0.102. The summed E-state index contributed by atoms with van der Waals surface area (Å²) < 4.78 is 0. The number of nitriles is 1. The van der Waals surface area contributed by atoms with Crippen molar-refractivity contribution in [1.29, 1.82) is 5.26 Å². The summed E-state index contributed by atoms with van der Waals surface area (Å²) in [4.78, 5) is 12.0. The number of nitrogens with zero attached hydrogens (tertiary/aromatic N) is 2. The zero-order valence-corrected chi connectivity index (χ0v) is 11.4. The Balaban J connectivity index is 2.10. The summed E-state index contributed by atoms with van der Waals surface area (Å²) in [5, 5.41) is 23.3. The van der Waals surface area contributed by atoms with Crippen molar-refractivity contribution < 1.29 is 10.0 Å². The molecule has 0 aliphatic carbocycles. The van der Waals surface area contributed by atoms with Crippen molar-refractivity contribution >= 4 is 17.3 Å². The summed E-state index contributed by atoms with van der Waals surface area (Å²) in [5.41, 5.74) is 2.90. The molecule has 0 aromatic heterocycles. The minimum atomic E-state index is -0.250. The molecule has 1 amide bonds. The topological polar surface area (TPSA) is 85.5 Å². The van der Waals surface area contributed by atoms with E-state index >= 15 is 0 Å². The second-order valence-electron chi connectivity index (χ2n) is 4.41. The normalized spacial score (nSPS) is 10.8. The Morgan fingerprint density at radius 2 is 1.67 bits per heavy atom. The van der Waals surface area contributed by atoms with Gasteiger partial charge in [0, 0.05) is 11.3 Å². The van der Waals surface area contributed by atoms with Crippen LogP contribution in [-0.4, -0.2) is 16.8 Å². The van der Waals surface area contributed by atoms with Crippen LogP contribution in [0.4, 0.5) is 5.69 Å². The van der Waals surface area contributed by atoms with E-state index in [1.807, 2.05) is 6.07 Å². The van der Waals surface area contributed by atoms with Crippen molar-refractivity contribution in [2.75, 3.05) is 5.32 Å². The van der Waals surface area contributed by atoms with Gasteiger partial charge in [0.1, 0.15) is 0 Å². The number of carbonyl (C=O) groups excluding carboxylic acids is 1. The van der Waals surface area contributed by atoms with E-state index in [9.17, 15) is 4.79 Å². The number of anilines is 1. The molecule has 2 aromatic carbocycles. The highest BCUT2D eigenvalue weighted by Gasteiger charge is 2.06. The molecule has 0 atom stereocenters. The molecule has 0 aliphatic rings. The van der Waals surface area contributed by atoms with Crippen molar-refractivity contribution in [3.8, 4) is 6.07 Å². The molecule has 0 unspecified atom stereocenters. The minimum Gasteiger partial charge on any atom is -0.411 e. The van der Waals surface area contributed by atoms with Crippen molar-refractivity contribution in [2.24, 2.45) is 5.16 Å². The van der Waals surface area contributed by atoms with Crippen LogP contribution in [0, 0.1) is 11.3 Å². The summed E-state index contributed by atoms with van der Waals surface area (Å²) in [6.07, 6.45) is 0. The van der Waals surface area contributed by atoms with Crippen molar-refractivity contribution in [3.05, 3.63) is 65.2 Å². The van der Waals surface area contributed by atoms with E-state index in [2.05, 4.69) is 10.5 Å². The monoisotopic (exact) mass is 279 g/mol. The number of benzene rings is 2. The van der Waals surface area contributed by atoms with Gasteiger partial charge >= 0.3 is 0 Å². The Labute approximate surface area is 122 Å². The summed E-state index contributed by atoms with van der Waals surface area (Å²) >= 11 is 0. The Hall–Kier alpha value is -3.13. The predicted molar refractivity (Wildman–Crippen MR) is 79.5 cm³/mol. The lowest BCUT2D eigenvalue weighted by atomic mass is 10.1. The third-order valence-corrected chi connectivity index (χ3v) is 2.99. The number of carbonyl (C=O) groups is 1. The van der Waals surface area contributed by atoms with E-state index in [0.29, 0.717) is 22.5 Å².